The van der Waals surface area contributed by atoms with Crippen LogP contribution in [0, 0.1) is 6.92 Å². The Kier molecular flexibility index (Phi) is 4.34. The van der Waals surface area contributed by atoms with Crippen LogP contribution in [-0.4, -0.2) is 27.9 Å². The van der Waals surface area contributed by atoms with Gasteiger partial charge >= 0.3 is 0 Å². The second-order valence-corrected chi connectivity index (χ2v) is 4.57. The Bertz CT molecular complexity index is 607. The molecule has 6 heteroatoms. The number of H-pyrrole nitrogens is 1. The molecule has 1 aromatic heterocycles. The zero-order valence-corrected chi connectivity index (χ0v) is 11.6. The van der Waals surface area contributed by atoms with Crippen molar-refractivity contribution >= 4 is 5.91 Å². The van der Waals surface area contributed by atoms with Crippen molar-refractivity contribution in [3.8, 4) is 17.0 Å². The molecule has 0 saturated carbocycles. The topological polar surface area (TPSA) is 93.9 Å². The van der Waals surface area contributed by atoms with Gasteiger partial charge in [-0.25, -0.2) is 0 Å². The molecule has 0 aliphatic heterocycles. The first kappa shape index (κ1) is 14.0. The van der Waals surface area contributed by atoms with Gasteiger partial charge in [-0.15, -0.1) is 0 Å². The van der Waals surface area contributed by atoms with E-state index in [1.807, 2.05) is 25.1 Å². The van der Waals surface area contributed by atoms with Crippen LogP contribution in [0.15, 0.2) is 18.2 Å². The van der Waals surface area contributed by atoms with Crippen molar-refractivity contribution in [2.45, 2.75) is 26.7 Å². The number of benzene rings is 1. The summed E-state index contributed by atoms with van der Waals surface area (Å²) in [7, 11) is 0. The van der Waals surface area contributed by atoms with E-state index in [1.165, 1.54) is 0 Å². The maximum absolute atomic E-state index is 11.3. The number of carbonyl (C=O) groups is 1. The minimum Gasteiger partial charge on any atom is -0.493 e. The Morgan fingerprint density at radius 3 is 2.85 bits per heavy atom. The first-order valence-electron chi connectivity index (χ1n) is 6.58. The zero-order valence-electron chi connectivity index (χ0n) is 11.6. The molecule has 0 fully saturated rings. The van der Waals surface area contributed by atoms with E-state index >= 15 is 0 Å². The molecule has 0 aliphatic carbocycles. The molecule has 0 spiro atoms. The van der Waals surface area contributed by atoms with Crippen LogP contribution in [0.25, 0.3) is 11.3 Å². The highest BCUT2D eigenvalue weighted by atomic mass is 16.5. The molecule has 0 saturated heterocycles. The van der Waals surface area contributed by atoms with Gasteiger partial charge in [0.25, 0.3) is 5.91 Å². The van der Waals surface area contributed by atoms with Crippen LogP contribution in [0.4, 0.5) is 0 Å². The van der Waals surface area contributed by atoms with Gasteiger partial charge in [-0.05, 0) is 37.1 Å². The molecule has 0 unspecified atom stereocenters. The number of unbranched alkanes of at least 4 members (excludes halogenated alkanes) is 1. The predicted octanol–water partition coefficient (Wildman–Crippen LogP) is 2.06. The monoisotopic (exact) mass is 274 g/mol. The summed E-state index contributed by atoms with van der Waals surface area (Å²) in [5.74, 6) is 0.237. The lowest BCUT2D eigenvalue weighted by atomic mass is 10.1. The second-order valence-electron chi connectivity index (χ2n) is 4.57. The Hall–Kier alpha value is -2.37. The van der Waals surface area contributed by atoms with Gasteiger partial charge in [0, 0.05) is 5.56 Å². The summed E-state index contributed by atoms with van der Waals surface area (Å²) in [5, 5.41) is 10.2. The quantitative estimate of drug-likeness (QED) is 0.788. The summed E-state index contributed by atoms with van der Waals surface area (Å²) in [6.07, 6.45) is 2.12. The molecule has 1 heterocycles. The number of primary amides is 1. The number of amides is 1. The fourth-order valence-corrected chi connectivity index (χ4v) is 1.89. The van der Waals surface area contributed by atoms with Gasteiger partial charge in [-0.3, -0.25) is 4.79 Å². The SMILES string of the molecule is CCCCOc1ccc(-c2n[nH]nc2C(N)=O)cc1C. The number of rotatable bonds is 6. The van der Waals surface area contributed by atoms with Crippen LogP contribution in [0.1, 0.15) is 35.8 Å². The fourth-order valence-electron chi connectivity index (χ4n) is 1.89. The summed E-state index contributed by atoms with van der Waals surface area (Å²) in [6.45, 7) is 4.78. The van der Waals surface area contributed by atoms with Crippen LogP contribution in [0.3, 0.4) is 0 Å². The summed E-state index contributed by atoms with van der Waals surface area (Å²) < 4.78 is 5.69. The minimum atomic E-state index is -0.602. The summed E-state index contributed by atoms with van der Waals surface area (Å²) >= 11 is 0. The second kappa shape index (κ2) is 6.18. The third-order valence-corrected chi connectivity index (χ3v) is 2.99. The van der Waals surface area contributed by atoms with E-state index in [-0.39, 0.29) is 5.69 Å². The van der Waals surface area contributed by atoms with E-state index in [9.17, 15) is 4.79 Å². The molecule has 0 radical (unpaired) electrons. The first-order valence-corrected chi connectivity index (χ1v) is 6.58. The van der Waals surface area contributed by atoms with Crippen LogP contribution >= 0.6 is 0 Å². The number of carbonyl (C=O) groups excluding carboxylic acids is 1. The number of ether oxygens (including phenoxy) is 1. The van der Waals surface area contributed by atoms with Crippen LogP contribution in [0.2, 0.25) is 0 Å². The molecule has 106 valence electrons. The molecule has 1 aromatic carbocycles. The number of aromatic amines is 1. The summed E-state index contributed by atoms with van der Waals surface area (Å²) in [6, 6.07) is 5.63. The van der Waals surface area contributed by atoms with Gasteiger partial charge in [0.1, 0.15) is 11.4 Å². The molecule has 2 rings (SSSR count). The highest BCUT2D eigenvalue weighted by Crippen LogP contribution is 2.26. The summed E-state index contributed by atoms with van der Waals surface area (Å²) in [5.41, 5.74) is 7.63. The molecule has 0 aliphatic rings. The zero-order chi connectivity index (χ0) is 14.5. The van der Waals surface area contributed by atoms with E-state index in [0.717, 1.165) is 29.7 Å². The number of hydrogen-bond acceptors (Lipinski definition) is 4. The number of aryl methyl sites for hydroxylation is 1. The molecule has 0 atom stereocenters. The molecule has 1 amide bonds. The van der Waals surface area contributed by atoms with Crippen LogP contribution < -0.4 is 10.5 Å². The van der Waals surface area contributed by atoms with Crippen LogP contribution in [-0.2, 0) is 0 Å². The lowest BCUT2D eigenvalue weighted by Gasteiger charge is -2.09. The van der Waals surface area contributed by atoms with Gasteiger partial charge in [0.2, 0.25) is 0 Å². The van der Waals surface area contributed by atoms with Crippen molar-refractivity contribution in [2.75, 3.05) is 6.61 Å². The number of hydrogen-bond donors (Lipinski definition) is 2. The molecule has 0 bridgehead atoms. The average Bonchev–Trinajstić information content (AvgIpc) is 2.90. The van der Waals surface area contributed by atoms with E-state index in [4.69, 9.17) is 10.5 Å². The van der Waals surface area contributed by atoms with Gasteiger partial charge in [-0.2, -0.15) is 15.4 Å². The standard InChI is InChI=1S/C14H18N4O2/c1-3-4-7-20-11-6-5-10(8-9(11)2)12-13(14(15)19)17-18-16-12/h5-6,8H,3-4,7H2,1-2H3,(H2,15,19)(H,16,17,18). The number of nitrogens with one attached hydrogen (secondary N) is 1. The molecular weight excluding hydrogens is 256 g/mol. The molecular formula is C14H18N4O2. The normalized spacial score (nSPS) is 10.5. The van der Waals surface area contributed by atoms with Crippen molar-refractivity contribution in [1.82, 2.24) is 15.4 Å². The Labute approximate surface area is 117 Å². The maximum Gasteiger partial charge on any atom is 0.271 e. The van der Waals surface area contributed by atoms with Gasteiger partial charge in [0.05, 0.1) is 6.61 Å². The highest BCUT2D eigenvalue weighted by Gasteiger charge is 2.15. The number of aromatic nitrogens is 3. The van der Waals surface area contributed by atoms with E-state index in [0.29, 0.717) is 12.3 Å². The third-order valence-electron chi connectivity index (χ3n) is 2.99. The van der Waals surface area contributed by atoms with Crippen molar-refractivity contribution in [2.24, 2.45) is 5.73 Å². The van der Waals surface area contributed by atoms with Crippen molar-refractivity contribution in [3.05, 3.63) is 29.5 Å². The third kappa shape index (κ3) is 2.96. The van der Waals surface area contributed by atoms with Gasteiger partial charge < -0.3 is 10.5 Å². The Balaban J connectivity index is 2.24. The highest BCUT2D eigenvalue weighted by molar-refractivity contribution is 5.96. The predicted molar refractivity (Wildman–Crippen MR) is 75.5 cm³/mol. The van der Waals surface area contributed by atoms with E-state index < -0.39 is 5.91 Å². The lowest BCUT2D eigenvalue weighted by molar-refractivity contribution is 0.0996. The average molecular weight is 274 g/mol. The fraction of sp³-hybridized carbons (Fsp3) is 0.357. The molecule has 20 heavy (non-hydrogen) atoms. The van der Waals surface area contributed by atoms with Crippen molar-refractivity contribution in [3.63, 3.8) is 0 Å². The van der Waals surface area contributed by atoms with E-state index in [2.05, 4.69) is 22.3 Å². The molecule has 2 aromatic rings. The Morgan fingerprint density at radius 1 is 1.40 bits per heavy atom. The number of nitrogens with two attached hydrogens (primary N) is 1. The smallest absolute Gasteiger partial charge is 0.271 e. The number of nitrogens with zero attached hydrogens (tertiary/aromatic N) is 2. The van der Waals surface area contributed by atoms with Gasteiger partial charge in [-0.1, -0.05) is 13.3 Å². The minimum absolute atomic E-state index is 0.143. The summed E-state index contributed by atoms with van der Waals surface area (Å²) in [4.78, 5) is 11.3. The molecule has 3 N–H and O–H groups in total. The lowest BCUT2D eigenvalue weighted by Crippen LogP contribution is -2.12. The van der Waals surface area contributed by atoms with Crippen molar-refractivity contribution < 1.29 is 9.53 Å². The Morgan fingerprint density at radius 2 is 2.20 bits per heavy atom. The van der Waals surface area contributed by atoms with E-state index in [1.54, 1.807) is 0 Å². The molecule has 6 nitrogen and oxygen atoms in total. The van der Waals surface area contributed by atoms with Crippen molar-refractivity contribution in [1.29, 1.82) is 0 Å². The van der Waals surface area contributed by atoms with Crippen LogP contribution in [0.5, 0.6) is 5.75 Å². The maximum atomic E-state index is 11.3. The first-order chi connectivity index (χ1) is 9.63. The largest absolute Gasteiger partial charge is 0.493 e. The van der Waals surface area contributed by atoms with Gasteiger partial charge in [0.15, 0.2) is 5.69 Å².